The van der Waals surface area contributed by atoms with E-state index in [9.17, 15) is 34.2 Å². The maximum Gasteiger partial charge on any atom is 0.340 e. The maximum atomic E-state index is 13.2. The highest BCUT2D eigenvalue weighted by Crippen LogP contribution is 2.57. The second kappa shape index (κ2) is 10.8. The molecule has 0 unspecified atom stereocenters. The molecule has 3 amide bonds. The third-order valence-electron chi connectivity index (χ3n) is 7.58. The van der Waals surface area contributed by atoms with Gasteiger partial charge in [-0.15, -0.1) is 5.06 Å². The third-order valence-corrected chi connectivity index (χ3v) is 7.58. The highest BCUT2D eigenvalue weighted by molar-refractivity contribution is 6.02. The summed E-state index contributed by atoms with van der Waals surface area (Å²) in [5, 5.41) is 23.4. The molecule has 0 bridgehead atoms. The van der Waals surface area contributed by atoms with E-state index >= 15 is 0 Å². The zero-order chi connectivity index (χ0) is 30.3. The summed E-state index contributed by atoms with van der Waals surface area (Å²) in [6.45, 7) is 0.313. The Hall–Kier alpha value is -5.39. The van der Waals surface area contributed by atoms with Gasteiger partial charge < -0.3 is 29.8 Å². The van der Waals surface area contributed by atoms with E-state index in [1.807, 2.05) is 0 Å². The minimum absolute atomic E-state index is 0.0240. The average Bonchev–Trinajstić information content (AvgIpc) is 3.45. The largest absolute Gasteiger partial charge is 0.508 e. The Labute approximate surface area is 244 Å². The van der Waals surface area contributed by atoms with Crippen LogP contribution in [0.2, 0.25) is 0 Å². The van der Waals surface area contributed by atoms with E-state index in [0.717, 1.165) is 0 Å². The number of esters is 1. The zero-order valence-electron chi connectivity index (χ0n) is 22.8. The molecule has 3 heterocycles. The minimum Gasteiger partial charge on any atom is -0.508 e. The highest BCUT2D eigenvalue weighted by atomic mass is 16.7. The number of hydroxylamine groups is 2. The number of imide groups is 1. The Morgan fingerprint density at radius 2 is 1.47 bits per heavy atom. The lowest BCUT2D eigenvalue weighted by Gasteiger charge is -2.36. The molecule has 0 radical (unpaired) electrons. The summed E-state index contributed by atoms with van der Waals surface area (Å²) in [5.74, 6) is -2.36. The molecule has 43 heavy (non-hydrogen) atoms. The number of benzene rings is 3. The van der Waals surface area contributed by atoms with Crippen LogP contribution in [-0.2, 0) is 29.6 Å². The van der Waals surface area contributed by atoms with Crippen molar-refractivity contribution in [2.45, 2.75) is 44.1 Å². The number of amides is 3. The summed E-state index contributed by atoms with van der Waals surface area (Å²) in [5.41, 5.74) is 0.481. The monoisotopic (exact) mass is 586 g/mol. The van der Waals surface area contributed by atoms with Gasteiger partial charge >= 0.3 is 11.9 Å². The molecule has 1 saturated heterocycles. The number of hydrogen-bond acceptors (Lipinski definition) is 10. The van der Waals surface area contributed by atoms with Gasteiger partial charge in [0.25, 0.3) is 17.7 Å². The molecule has 220 valence electrons. The molecular weight excluding hydrogens is 560 g/mol. The fourth-order valence-corrected chi connectivity index (χ4v) is 5.53. The molecule has 3 N–H and O–H groups in total. The number of nitrogens with one attached hydrogen (secondary N) is 1. The normalized spacial score (nSPS) is 15.8. The fourth-order valence-electron chi connectivity index (χ4n) is 5.53. The van der Waals surface area contributed by atoms with Gasteiger partial charge in [0, 0.05) is 60.2 Å². The van der Waals surface area contributed by atoms with E-state index in [1.165, 1.54) is 30.3 Å². The molecule has 0 atom stereocenters. The van der Waals surface area contributed by atoms with E-state index in [0.29, 0.717) is 47.6 Å². The first-order chi connectivity index (χ1) is 20.7. The van der Waals surface area contributed by atoms with Gasteiger partial charge in [-0.2, -0.15) is 0 Å². The average molecular weight is 587 g/mol. The number of phenolic OH excluding ortho intramolecular Hbond substituents is 2. The van der Waals surface area contributed by atoms with Crippen LogP contribution >= 0.6 is 0 Å². The summed E-state index contributed by atoms with van der Waals surface area (Å²) in [6, 6.07) is 13.6. The number of unbranched alkanes of at least 4 members (excludes halogenated alkanes) is 2. The number of fused-ring (bicyclic) bond motifs is 6. The smallest absolute Gasteiger partial charge is 0.340 e. The lowest BCUT2D eigenvalue weighted by molar-refractivity contribution is -0.197. The van der Waals surface area contributed by atoms with Crippen LogP contribution in [0.3, 0.4) is 0 Å². The van der Waals surface area contributed by atoms with Crippen molar-refractivity contribution >= 4 is 29.7 Å². The Kier molecular flexibility index (Phi) is 6.96. The molecule has 12 nitrogen and oxygen atoms in total. The number of rotatable bonds is 8. The molecule has 6 rings (SSSR count). The zero-order valence-corrected chi connectivity index (χ0v) is 22.8. The summed E-state index contributed by atoms with van der Waals surface area (Å²) < 4.78 is 12.0. The minimum atomic E-state index is -1.41. The van der Waals surface area contributed by atoms with Crippen molar-refractivity contribution in [3.63, 3.8) is 0 Å². The van der Waals surface area contributed by atoms with E-state index in [1.54, 1.807) is 24.3 Å². The SMILES string of the molecule is O=C(CCCCCNC(=O)c1ccc2c(c1)C(=O)OC21c2ccc(O)cc2Oc2cc(O)ccc21)ON1C(=O)CCC1=O. The molecule has 0 aromatic heterocycles. The molecule has 1 fully saturated rings. The number of aromatic hydroxyl groups is 2. The van der Waals surface area contributed by atoms with Gasteiger partial charge in [-0.05, 0) is 49.2 Å². The van der Waals surface area contributed by atoms with E-state index in [4.69, 9.17) is 14.3 Å². The first kappa shape index (κ1) is 27.8. The maximum absolute atomic E-state index is 13.2. The molecule has 3 aliphatic heterocycles. The number of hydrogen-bond donors (Lipinski definition) is 3. The topological polar surface area (TPSA) is 169 Å². The number of ether oxygens (including phenoxy) is 2. The lowest BCUT2D eigenvalue weighted by Crippen LogP contribution is -2.33. The summed E-state index contributed by atoms with van der Waals surface area (Å²) in [7, 11) is 0. The van der Waals surface area contributed by atoms with Gasteiger partial charge in [0.1, 0.15) is 23.0 Å². The van der Waals surface area contributed by atoms with Gasteiger partial charge in [0.05, 0.1) is 5.56 Å². The van der Waals surface area contributed by atoms with Crippen molar-refractivity contribution in [2.75, 3.05) is 6.54 Å². The van der Waals surface area contributed by atoms with Gasteiger partial charge in [0.15, 0.2) is 5.60 Å². The first-order valence-corrected chi connectivity index (χ1v) is 13.7. The Bertz CT molecular complexity index is 1630. The van der Waals surface area contributed by atoms with Gasteiger partial charge in [-0.1, -0.05) is 12.5 Å². The van der Waals surface area contributed by atoms with Crippen molar-refractivity contribution in [2.24, 2.45) is 0 Å². The Balaban J connectivity index is 1.11. The van der Waals surface area contributed by atoms with Crippen molar-refractivity contribution in [3.05, 3.63) is 82.4 Å². The molecule has 3 aromatic rings. The van der Waals surface area contributed by atoms with Crippen molar-refractivity contribution in [1.29, 1.82) is 0 Å². The van der Waals surface area contributed by atoms with Crippen LogP contribution in [0.15, 0.2) is 54.6 Å². The van der Waals surface area contributed by atoms with Crippen molar-refractivity contribution in [3.8, 4) is 23.0 Å². The van der Waals surface area contributed by atoms with Crippen LogP contribution in [0.25, 0.3) is 0 Å². The van der Waals surface area contributed by atoms with Crippen LogP contribution in [0, 0.1) is 0 Å². The molecule has 12 heteroatoms. The number of phenols is 2. The molecule has 0 saturated carbocycles. The number of nitrogens with zero attached hydrogens (tertiary/aromatic N) is 1. The Morgan fingerprint density at radius 3 is 2.12 bits per heavy atom. The summed E-state index contributed by atoms with van der Waals surface area (Å²) >= 11 is 0. The number of carbonyl (C=O) groups excluding carboxylic acids is 5. The van der Waals surface area contributed by atoms with Crippen LogP contribution in [0.5, 0.6) is 23.0 Å². The third kappa shape index (κ3) is 4.90. The molecule has 1 spiro atoms. The molecular formula is C31H26N2O10. The van der Waals surface area contributed by atoms with Gasteiger partial charge in [0.2, 0.25) is 0 Å². The lowest BCUT2D eigenvalue weighted by atomic mass is 9.77. The Morgan fingerprint density at radius 1 is 0.837 bits per heavy atom. The van der Waals surface area contributed by atoms with E-state index in [2.05, 4.69) is 5.32 Å². The highest BCUT2D eigenvalue weighted by Gasteiger charge is 2.53. The molecule has 3 aliphatic rings. The summed E-state index contributed by atoms with van der Waals surface area (Å²) in [6.07, 6.45) is 1.68. The van der Waals surface area contributed by atoms with Crippen LogP contribution < -0.4 is 10.1 Å². The van der Waals surface area contributed by atoms with E-state index in [-0.39, 0.29) is 53.4 Å². The van der Waals surface area contributed by atoms with Crippen LogP contribution in [0.1, 0.15) is 75.9 Å². The first-order valence-electron chi connectivity index (χ1n) is 13.7. The summed E-state index contributed by atoms with van der Waals surface area (Å²) in [4.78, 5) is 65.9. The van der Waals surface area contributed by atoms with Crippen molar-refractivity contribution in [1.82, 2.24) is 10.4 Å². The van der Waals surface area contributed by atoms with E-state index < -0.39 is 35.3 Å². The van der Waals surface area contributed by atoms with Gasteiger partial charge in [-0.3, -0.25) is 14.4 Å². The van der Waals surface area contributed by atoms with Crippen LogP contribution in [-0.4, -0.2) is 51.5 Å². The predicted octanol–water partition coefficient (Wildman–Crippen LogP) is 3.56. The fraction of sp³-hybridized carbons (Fsp3) is 0.258. The second-order valence-electron chi connectivity index (χ2n) is 10.4. The van der Waals surface area contributed by atoms with Crippen molar-refractivity contribution < 1.29 is 48.5 Å². The second-order valence-corrected chi connectivity index (χ2v) is 10.4. The van der Waals surface area contributed by atoms with Crippen LogP contribution in [0.4, 0.5) is 0 Å². The quantitative estimate of drug-likeness (QED) is 0.202. The number of carbonyl (C=O) groups is 5. The standard InChI is InChI=1S/C31H26N2O10/c34-18-6-9-22-24(15-18)41-25-16-19(35)7-10-23(25)31(22)21-8-5-17(14-20(21)30(40)42-31)29(39)32-13-3-1-2-4-28(38)43-33-26(36)11-12-27(33)37/h5-10,14-16,34-35H,1-4,11-13H2,(H,32,39). The molecule has 0 aliphatic carbocycles. The molecule has 3 aromatic carbocycles. The predicted molar refractivity (Wildman–Crippen MR) is 146 cm³/mol. The van der Waals surface area contributed by atoms with Gasteiger partial charge in [-0.25, -0.2) is 9.59 Å².